The summed E-state index contributed by atoms with van der Waals surface area (Å²) in [6.07, 6.45) is 3.11. The summed E-state index contributed by atoms with van der Waals surface area (Å²) in [6, 6.07) is 5.91. The number of aromatic nitrogens is 1. The molecule has 1 heterocycles. The largest absolute Gasteiger partial charge is 0.398 e. The van der Waals surface area contributed by atoms with E-state index in [2.05, 4.69) is 10.3 Å². The van der Waals surface area contributed by atoms with E-state index >= 15 is 0 Å². The van der Waals surface area contributed by atoms with Gasteiger partial charge in [-0.1, -0.05) is 0 Å². The van der Waals surface area contributed by atoms with E-state index in [9.17, 15) is 9.18 Å². The molecule has 3 N–H and O–H groups in total. The molecule has 5 heteroatoms. The Kier molecular flexibility index (Phi) is 3.23. The zero-order valence-electron chi connectivity index (χ0n) is 9.77. The van der Waals surface area contributed by atoms with Crippen LogP contribution in [0.25, 0.3) is 0 Å². The van der Waals surface area contributed by atoms with Crippen LogP contribution in [0.5, 0.6) is 0 Å². The molecule has 18 heavy (non-hydrogen) atoms. The summed E-state index contributed by atoms with van der Waals surface area (Å²) in [5.41, 5.74) is 7.00. The predicted molar refractivity (Wildman–Crippen MR) is 67.7 cm³/mol. The molecule has 92 valence electrons. The van der Waals surface area contributed by atoms with Crippen LogP contribution in [-0.4, -0.2) is 10.9 Å². The number of nitrogens with zero attached hydrogens (tertiary/aromatic N) is 1. The van der Waals surface area contributed by atoms with Crippen LogP contribution in [0.2, 0.25) is 0 Å². The van der Waals surface area contributed by atoms with Crippen LogP contribution >= 0.6 is 0 Å². The standard InChI is InChI=1S/C13H12FN3O/c1-8-11(14)6-9(7-12(8)15)13(18)17-10-2-4-16-5-3-10/h2-7H,15H2,1H3,(H,16,17,18). The van der Waals surface area contributed by atoms with Crippen LogP contribution in [0.1, 0.15) is 15.9 Å². The highest BCUT2D eigenvalue weighted by Gasteiger charge is 2.11. The number of nitrogens with one attached hydrogen (secondary N) is 1. The van der Waals surface area contributed by atoms with Gasteiger partial charge in [-0.3, -0.25) is 9.78 Å². The number of benzene rings is 1. The molecular weight excluding hydrogens is 233 g/mol. The van der Waals surface area contributed by atoms with Gasteiger partial charge >= 0.3 is 0 Å². The lowest BCUT2D eigenvalue weighted by Gasteiger charge is -2.07. The summed E-state index contributed by atoms with van der Waals surface area (Å²) in [5, 5.41) is 2.63. The first-order chi connectivity index (χ1) is 8.58. The molecule has 0 aliphatic rings. The number of pyridine rings is 1. The van der Waals surface area contributed by atoms with E-state index in [0.717, 1.165) is 0 Å². The van der Waals surface area contributed by atoms with Gasteiger partial charge in [-0.05, 0) is 31.2 Å². The molecule has 1 aromatic carbocycles. The quantitative estimate of drug-likeness (QED) is 0.798. The van der Waals surface area contributed by atoms with Crippen molar-refractivity contribution in [1.82, 2.24) is 4.98 Å². The number of anilines is 2. The molecule has 0 atom stereocenters. The summed E-state index contributed by atoms with van der Waals surface area (Å²) >= 11 is 0. The van der Waals surface area contributed by atoms with Crippen LogP contribution in [0.15, 0.2) is 36.7 Å². The first kappa shape index (κ1) is 12.0. The molecule has 2 aromatic rings. The highest BCUT2D eigenvalue weighted by molar-refractivity contribution is 6.04. The van der Waals surface area contributed by atoms with E-state index in [-0.39, 0.29) is 11.3 Å². The first-order valence-corrected chi connectivity index (χ1v) is 5.35. The zero-order chi connectivity index (χ0) is 13.1. The lowest BCUT2D eigenvalue weighted by molar-refractivity contribution is 0.102. The Morgan fingerprint density at radius 1 is 1.33 bits per heavy atom. The van der Waals surface area contributed by atoms with Crippen LogP contribution in [0.4, 0.5) is 15.8 Å². The summed E-state index contributed by atoms with van der Waals surface area (Å²) in [5.74, 6) is -0.901. The molecule has 0 saturated carbocycles. The predicted octanol–water partition coefficient (Wildman–Crippen LogP) is 2.36. The number of hydrogen-bond donors (Lipinski definition) is 2. The molecule has 0 bridgehead atoms. The molecular formula is C13H12FN3O. The van der Waals surface area contributed by atoms with E-state index in [4.69, 9.17) is 5.73 Å². The number of nitrogen functional groups attached to an aromatic ring is 1. The molecule has 0 fully saturated rings. The lowest BCUT2D eigenvalue weighted by Crippen LogP contribution is -2.13. The second-order valence-corrected chi connectivity index (χ2v) is 3.86. The number of nitrogens with two attached hydrogens (primary N) is 1. The van der Waals surface area contributed by atoms with Crippen LogP contribution < -0.4 is 11.1 Å². The SMILES string of the molecule is Cc1c(N)cc(C(=O)Nc2ccncc2)cc1F. The second-order valence-electron chi connectivity index (χ2n) is 3.86. The van der Waals surface area contributed by atoms with Gasteiger partial charge in [-0.2, -0.15) is 0 Å². The monoisotopic (exact) mass is 245 g/mol. The number of carbonyl (C=O) groups is 1. The van der Waals surface area contributed by atoms with Crippen molar-refractivity contribution in [1.29, 1.82) is 0 Å². The van der Waals surface area contributed by atoms with Gasteiger partial charge in [0.25, 0.3) is 5.91 Å². The van der Waals surface area contributed by atoms with Crippen LogP contribution in [-0.2, 0) is 0 Å². The third kappa shape index (κ3) is 2.45. The summed E-state index contributed by atoms with van der Waals surface area (Å²) in [7, 11) is 0. The number of rotatable bonds is 2. The molecule has 0 aliphatic carbocycles. The summed E-state index contributed by atoms with van der Waals surface area (Å²) in [4.78, 5) is 15.7. The maximum Gasteiger partial charge on any atom is 0.255 e. The third-order valence-corrected chi connectivity index (χ3v) is 2.58. The molecule has 0 unspecified atom stereocenters. The van der Waals surface area contributed by atoms with Gasteiger partial charge in [-0.25, -0.2) is 4.39 Å². The second kappa shape index (κ2) is 4.83. The highest BCUT2D eigenvalue weighted by atomic mass is 19.1. The van der Waals surface area contributed by atoms with E-state index in [0.29, 0.717) is 11.3 Å². The maximum atomic E-state index is 13.5. The van der Waals surface area contributed by atoms with Crippen LogP contribution in [0.3, 0.4) is 0 Å². The van der Waals surface area contributed by atoms with Gasteiger partial charge in [0, 0.05) is 34.9 Å². The Bertz CT molecular complexity index is 561. The third-order valence-electron chi connectivity index (χ3n) is 2.58. The normalized spacial score (nSPS) is 10.1. The van der Waals surface area contributed by atoms with Gasteiger partial charge in [0.05, 0.1) is 0 Å². The van der Waals surface area contributed by atoms with E-state index in [1.54, 1.807) is 31.5 Å². The molecule has 4 nitrogen and oxygen atoms in total. The van der Waals surface area contributed by atoms with Crippen molar-refractivity contribution in [2.75, 3.05) is 11.1 Å². The van der Waals surface area contributed by atoms with Crippen molar-refractivity contribution >= 4 is 17.3 Å². The fourth-order valence-corrected chi connectivity index (χ4v) is 1.47. The van der Waals surface area contributed by atoms with E-state index < -0.39 is 11.7 Å². The van der Waals surface area contributed by atoms with Gasteiger partial charge in [-0.15, -0.1) is 0 Å². The number of amides is 1. The fourth-order valence-electron chi connectivity index (χ4n) is 1.47. The Labute approximate surface area is 104 Å². The average molecular weight is 245 g/mol. The van der Waals surface area contributed by atoms with Crippen molar-refractivity contribution < 1.29 is 9.18 Å². The Morgan fingerprint density at radius 2 is 2.00 bits per heavy atom. The molecule has 0 radical (unpaired) electrons. The minimum atomic E-state index is -0.491. The van der Waals surface area contributed by atoms with Crippen molar-refractivity contribution in [2.45, 2.75) is 6.92 Å². The molecule has 0 spiro atoms. The summed E-state index contributed by atoms with van der Waals surface area (Å²) in [6.45, 7) is 1.56. The topological polar surface area (TPSA) is 68.0 Å². The number of hydrogen-bond acceptors (Lipinski definition) is 3. The average Bonchev–Trinajstić information content (AvgIpc) is 2.36. The summed E-state index contributed by atoms with van der Waals surface area (Å²) < 4.78 is 13.5. The number of halogens is 1. The van der Waals surface area contributed by atoms with Crippen molar-refractivity contribution in [2.24, 2.45) is 0 Å². The molecule has 1 aromatic heterocycles. The van der Waals surface area contributed by atoms with Gasteiger partial charge in [0.2, 0.25) is 0 Å². The molecule has 0 saturated heterocycles. The van der Waals surface area contributed by atoms with Gasteiger partial charge in [0.15, 0.2) is 0 Å². The smallest absolute Gasteiger partial charge is 0.255 e. The molecule has 1 amide bonds. The van der Waals surface area contributed by atoms with Gasteiger partial charge < -0.3 is 11.1 Å². The van der Waals surface area contributed by atoms with Crippen molar-refractivity contribution in [3.63, 3.8) is 0 Å². The number of carbonyl (C=O) groups excluding carboxylic acids is 1. The lowest BCUT2D eigenvalue weighted by atomic mass is 10.1. The van der Waals surface area contributed by atoms with E-state index in [1.807, 2.05) is 0 Å². The zero-order valence-corrected chi connectivity index (χ0v) is 9.77. The minimum Gasteiger partial charge on any atom is -0.398 e. The fraction of sp³-hybridized carbons (Fsp3) is 0.0769. The maximum absolute atomic E-state index is 13.5. The Balaban J connectivity index is 2.25. The van der Waals surface area contributed by atoms with Crippen molar-refractivity contribution in [3.8, 4) is 0 Å². The van der Waals surface area contributed by atoms with Crippen LogP contribution in [0, 0.1) is 12.7 Å². The molecule has 2 rings (SSSR count). The van der Waals surface area contributed by atoms with E-state index in [1.165, 1.54) is 12.1 Å². The first-order valence-electron chi connectivity index (χ1n) is 5.35. The highest BCUT2D eigenvalue weighted by Crippen LogP contribution is 2.18. The Hall–Kier alpha value is -2.43. The van der Waals surface area contributed by atoms with Gasteiger partial charge in [0.1, 0.15) is 5.82 Å². The minimum absolute atomic E-state index is 0.187. The van der Waals surface area contributed by atoms with Crippen molar-refractivity contribution in [3.05, 3.63) is 53.6 Å². The molecule has 0 aliphatic heterocycles. The Morgan fingerprint density at radius 3 is 2.61 bits per heavy atom.